The Morgan fingerprint density at radius 2 is 1.89 bits per heavy atom. The Labute approximate surface area is 124 Å². The second kappa shape index (κ2) is 5.85. The van der Waals surface area contributed by atoms with Crippen molar-refractivity contribution in [1.82, 2.24) is 4.98 Å². The minimum atomic E-state index is 0.412. The number of para-hydroxylation sites is 1. The van der Waals surface area contributed by atoms with E-state index < -0.39 is 0 Å². The maximum absolute atomic E-state index is 5.88. The second-order valence-electron chi connectivity index (χ2n) is 4.24. The van der Waals surface area contributed by atoms with E-state index >= 15 is 0 Å². The molecule has 0 unspecified atom stereocenters. The summed E-state index contributed by atoms with van der Waals surface area (Å²) in [5.41, 5.74) is 1.18. The Bertz CT molecular complexity index is 555. The molecule has 2 aromatic rings. The summed E-state index contributed by atoms with van der Waals surface area (Å²) in [4.78, 5) is 4.26. The van der Waals surface area contributed by atoms with Crippen LogP contribution in [-0.2, 0) is 0 Å². The Balaban J connectivity index is 2.34. The molecule has 0 aliphatic heterocycles. The van der Waals surface area contributed by atoms with Gasteiger partial charge in [-0.05, 0) is 55.5 Å². The van der Waals surface area contributed by atoms with Gasteiger partial charge in [0, 0.05) is 10.7 Å². The average molecular weight is 371 g/mol. The van der Waals surface area contributed by atoms with Gasteiger partial charge in [0.15, 0.2) is 0 Å². The van der Waals surface area contributed by atoms with Gasteiger partial charge in [-0.2, -0.15) is 0 Å². The van der Waals surface area contributed by atoms with Gasteiger partial charge in [0.2, 0.25) is 5.88 Å². The van der Waals surface area contributed by atoms with Gasteiger partial charge in [-0.3, -0.25) is 0 Å². The number of hydrogen-bond acceptors (Lipinski definition) is 2. The molecule has 0 bridgehead atoms. The second-order valence-corrected chi connectivity index (χ2v) is 6.01. The third kappa shape index (κ3) is 3.12. The number of rotatable bonds is 3. The SMILES string of the molecule is CC(C)c1ccccc1Oc1ncc(Br)cc1Br. The van der Waals surface area contributed by atoms with Gasteiger partial charge in [0.1, 0.15) is 5.75 Å². The molecule has 0 aliphatic carbocycles. The first-order chi connectivity index (χ1) is 8.58. The first-order valence-corrected chi connectivity index (χ1v) is 7.24. The molecule has 1 heterocycles. The largest absolute Gasteiger partial charge is 0.438 e. The highest BCUT2D eigenvalue weighted by Crippen LogP contribution is 2.33. The molecule has 2 rings (SSSR count). The van der Waals surface area contributed by atoms with Crippen molar-refractivity contribution in [2.75, 3.05) is 0 Å². The smallest absolute Gasteiger partial charge is 0.233 e. The van der Waals surface area contributed by atoms with Crippen molar-refractivity contribution in [2.45, 2.75) is 19.8 Å². The first kappa shape index (κ1) is 13.6. The maximum Gasteiger partial charge on any atom is 0.233 e. The summed E-state index contributed by atoms with van der Waals surface area (Å²) in [7, 11) is 0. The van der Waals surface area contributed by atoms with Gasteiger partial charge < -0.3 is 4.74 Å². The molecule has 2 nitrogen and oxygen atoms in total. The van der Waals surface area contributed by atoms with E-state index in [9.17, 15) is 0 Å². The van der Waals surface area contributed by atoms with Gasteiger partial charge >= 0.3 is 0 Å². The molecule has 0 aliphatic rings. The maximum atomic E-state index is 5.88. The zero-order valence-corrected chi connectivity index (χ0v) is 13.3. The van der Waals surface area contributed by atoms with E-state index in [0.29, 0.717) is 11.8 Å². The Kier molecular flexibility index (Phi) is 4.40. The lowest BCUT2D eigenvalue weighted by atomic mass is 10.0. The van der Waals surface area contributed by atoms with E-state index in [2.05, 4.69) is 56.8 Å². The van der Waals surface area contributed by atoms with E-state index in [4.69, 9.17) is 4.74 Å². The quantitative estimate of drug-likeness (QED) is 0.709. The summed E-state index contributed by atoms with van der Waals surface area (Å²) in [5.74, 6) is 1.84. The Morgan fingerprint density at radius 1 is 1.17 bits per heavy atom. The minimum absolute atomic E-state index is 0.412. The third-order valence-electron chi connectivity index (χ3n) is 2.52. The molecule has 18 heavy (non-hydrogen) atoms. The van der Waals surface area contributed by atoms with E-state index in [1.165, 1.54) is 5.56 Å². The van der Waals surface area contributed by atoms with Crippen LogP contribution in [-0.4, -0.2) is 4.98 Å². The van der Waals surface area contributed by atoms with Crippen LogP contribution in [0.2, 0.25) is 0 Å². The molecule has 4 heteroatoms. The summed E-state index contributed by atoms with van der Waals surface area (Å²) in [6.45, 7) is 4.29. The standard InChI is InChI=1S/C14H13Br2NO/c1-9(2)11-5-3-4-6-13(11)18-14-12(16)7-10(15)8-17-14/h3-9H,1-2H3. The van der Waals surface area contributed by atoms with E-state index in [-0.39, 0.29) is 0 Å². The number of benzene rings is 1. The number of aromatic nitrogens is 1. The fourth-order valence-electron chi connectivity index (χ4n) is 1.63. The van der Waals surface area contributed by atoms with Crippen LogP contribution in [0.25, 0.3) is 0 Å². The molecule has 0 saturated carbocycles. The van der Waals surface area contributed by atoms with Crippen molar-refractivity contribution in [3.63, 3.8) is 0 Å². The van der Waals surface area contributed by atoms with Gasteiger partial charge in [-0.1, -0.05) is 32.0 Å². The zero-order valence-electron chi connectivity index (χ0n) is 10.2. The average Bonchev–Trinajstić information content (AvgIpc) is 2.33. The number of nitrogens with zero attached hydrogens (tertiary/aromatic N) is 1. The normalized spacial score (nSPS) is 10.7. The summed E-state index contributed by atoms with van der Waals surface area (Å²) in [5, 5.41) is 0. The van der Waals surface area contributed by atoms with Crippen molar-refractivity contribution >= 4 is 31.9 Å². The van der Waals surface area contributed by atoms with Crippen LogP contribution in [0.1, 0.15) is 25.3 Å². The van der Waals surface area contributed by atoms with Crippen LogP contribution < -0.4 is 4.74 Å². The predicted molar refractivity (Wildman–Crippen MR) is 80.2 cm³/mol. The topological polar surface area (TPSA) is 22.1 Å². The van der Waals surface area contributed by atoms with Crippen molar-refractivity contribution in [1.29, 1.82) is 0 Å². The highest BCUT2D eigenvalue weighted by atomic mass is 79.9. The van der Waals surface area contributed by atoms with Gasteiger partial charge in [-0.25, -0.2) is 4.98 Å². The number of ether oxygens (including phenoxy) is 1. The molecule has 0 atom stereocenters. The predicted octanol–water partition coefficient (Wildman–Crippen LogP) is 5.52. The Hall–Kier alpha value is -0.870. The summed E-state index contributed by atoms with van der Waals surface area (Å²) in [6.07, 6.45) is 1.72. The summed E-state index contributed by atoms with van der Waals surface area (Å²) >= 11 is 6.82. The van der Waals surface area contributed by atoms with Crippen molar-refractivity contribution in [2.24, 2.45) is 0 Å². The van der Waals surface area contributed by atoms with Crippen LogP contribution in [0.15, 0.2) is 45.5 Å². The highest BCUT2D eigenvalue weighted by Gasteiger charge is 2.10. The molecule has 0 amide bonds. The van der Waals surface area contributed by atoms with Crippen molar-refractivity contribution < 1.29 is 4.74 Å². The lowest BCUT2D eigenvalue weighted by Gasteiger charge is -2.13. The fourth-order valence-corrected chi connectivity index (χ4v) is 2.70. The Morgan fingerprint density at radius 3 is 2.56 bits per heavy atom. The van der Waals surface area contributed by atoms with Crippen LogP contribution in [0.4, 0.5) is 0 Å². The van der Waals surface area contributed by atoms with Gasteiger partial charge in [0.25, 0.3) is 0 Å². The summed E-state index contributed by atoms with van der Waals surface area (Å²) < 4.78 is 7.62. The number of hydrogen-bond donors (Lipinski definition) is 0. The molecule has 0 fully saturated rings. The van der Waals surface area contributed by atoms with Gasteiger partial charge in [-0.15, -0.1) is 0 Å². The lowest BCUT2D eigenvalue weighted by molar-refractivity contribution is 0.451. The van der Waals surface area contributed by atoms with Crippen molar-refractivity contribution in [3.05, 3.63) is 51.0 Å². The molecule has 1 aromatic heterocycles. The molecule has 0 spiro atoms. The van der Waals surface area contributed by atoms with Crippen LogP contribution in [0.5, 0.6) is 11.6 Å². The molecule has 0 N–H and O–H groups in total. The zero-order chi connectivity index (χ0) is 13.1. The van der Waals surface area contributed by atoms with Crippen LogP contribution >= 0.6 is 31.9 Å². The van der Waals surface area contributed by atoms with Gasteiger partial charge in [0.05, 0.1) is 4.47 Å². The molecular formula is C14H13Br2NO. The lowest BCUT2D eigenvalue weighted by Crippen LogP contribution is -1.95. The molecule has 0 radical (unpaired) electrons. The number of pyridine rings is 1. The monoisotopic (exact) mass is 369 g/mol. The van der Waals surface area contributed by atoms with E-state index in [1.807, 2.05) is 24.3 Å². The minimum Gasteiger partial charge on any atom is -0.438 e. The highest BCUT2D eigenvalue weighted by molar-refractivity contribution is 9.11. The number of halogens is 2. The third-order valence-corrected chi connectivity index (χ3v) is 3.52. The van der Waals surface area contributed by atoms with Crippen LogP contribution in [0, 0.1) is 0 Å². The molecule has 1 aromatic carbocycles. The molecule has 94 valence electrons. The molecule has 0 saturated heterocycles. The van der Waals surface area contributed by atoms with E-state index in [1.54, 1.807) is 6.20 Å². The van der Waals surface area contributed by atoms with Crippen molar-refractivity contribution in [3.8, 4) is 11.6 Å². The fraction of sp³-hybridized carbons (Fsp3) is 0.214. The summed E-state index contributed by atoms with van der Waals surface area (Å²) in [6, 6.07) is 9.94. The molecular weight excluding hydrogens is 358 g/mol. The van der Waals surface area contributed by atoms with Crippen LogP contribution in [0.3, 0.4) is 0 Å². The first-order valence-electron chi connectivity index (χ1n) is 5.65. The van der Waals surface area contributed by atoms with E-state index in [0.717, 1.165) is 14.7 Å².